The van der Waals surface area contributed by atoms with Crippen molar-refractivity contribution >= 4 is 0 Å². The van der Waals surface area contributed by atoms with Gasteiger partial charge in [0.05, 0.1) is 6.07 Å². The molecular weight excluding hydrogens is 281 g/mol. The van der Waals surface area contributed by atoms with Gasteiger partial charge >= 0.3 is 6.18 Å². The lowest BCUT2D eigenvalue weighted by atomic mass is 9.85. The third-order valence-electron chi connectivity index (χ3n) is 3.93. The summed E-state index contributed by atoms with van der Waals surface area (Å²) in [7, 11) is 0. The van der Waals surface area contributed by atoms with E-state index in [1.807, 2.05) is 13.8 Å². The summed E-state index contributed by atoms with van der Waals surface area (Å²) in [4.78, 5) is 0. The second kappa shape index (κ2) is 8.00. The predicted octanol–water partition coefficient (Wildman–Crippen LogP) is 3.80. The van der Waals surface area contributed by atoms with Crippen LogP contribution < -0.4 is 5.32 Å². The quantitative estimate of drug-likeness (QED) is 0.694. The molecule has 3 nitrogen and oxygen atoms in total. The number of rotatable bonds is 8. The summed E-state index contributed by atoms with van der Waals surface area (Å²) in [5, 5.41) is 12.8. The number of ether oxygens (including phenoxy) is 1. The average molecular weight is 306 g/mol. The third-order valence-corrected chi connectivity index (χ3v) is 3.93. The molecule has 2 unspecified atom stereocenters. The Morgan fingerprint density at radius 2 is 2.10 bits per heavy atom. The van der Waals surface area contributed by atoms with Gasteiger partial charge in [0.15, 0.2) is 0 Å². The first kappa shape index (κ1) is 18.2. The van der Waals surface area contributed by atoms with E-state index in [-0.39, 0.29) is 25.0 Å². The lowest BCUT2D eigenvalue weighted by Gasteiger charge is -2.32. The highest BCUT2D eigenvalue weighted by molar-refractivity contribution is 5.14. The van der Waals surface area contributed by atoms with Crippen LogP contribution in [0.1, 0.15) is 52.4 Å². The Bertz CT molecular complexity index is 352. The first-order valence-corrected chi connectivity index (χ1v) is 7.62. The number of alkyl halides is 3. The fourth-order valence-electron chi connectivity index (χ4n) is 3.06. The Hall–Kier alpha value is -0.800. The van der Waals surface area contributed by atoms with Crippen LogP contribution in [0.4, 0.5) is 13.2 Å². The Morgan fingerprint density at radius 1 is 1.38 bits per heavy atom. The molecule has 1 fully saturated rings. The molecule has 0 radical (unpaired) electrons. The van der Waals surface area contributed by atoms with E-state index in [0.717, 1.165) is 25.7 Å². The van der Waals surface area contributed by atoms with E-state index in [1.165, 1.54) is 0 Å². The number of nitrogens with zero attached hydrogens (tertiary/aromatic N) is 1. The van der Waals surface area contributed by atoms with Crippen molar-refractivity contribution in [3.05, 3.63) is 0 Å². The van der Waals surface area contributed by atoms with Gasteiger partial charge in [-0.1, -0.05) is 6.42 Å². The molecule has 0 heterocycles. The largest absolute Gasteiger partial charge is 0.389 e. The van der Waals surface area contributed by atoms with Gasteiger partial charge in [-0.3, -0.25) is 5.32 Å². The van der Waals surface area contributed by atoms with Crippen LogP contribution >= 0.6 is 0 Å². The van der Waals surface area contributed by atoms with Crippen LogP contribution in [0.25, 0.3) is 0 Å². The zero-order chi connectivity index (χ0) is 15.9. The monoisotopic (exact) mass is 306 g/mol. The minimum atomic E-state index is -4.11. The first-order chi connectivity index (χ1) is 9.79. The minimum Gasteiger partial charge on any atom is -0.381 e. The smallest absolute Gasteiger partial charge is 0.381 e. The molecule has 1 aliphatic carbocycles. The van der Waals surface area contributed by atoms with Gasteiger partial charge in [-0.25, -0.2) is 0 Å². The SMILES string of the molecule is CC(C)NC1(C#N)CCCC1CCOCCCC(F)(F)F. The lowest BCUT2D eigenvalue weighted by molar-refractivity contribution is -0.137. The number of hydrogen-bond acceptors (Lipinski definition) is 3. The Kier molecular flexibility index (Phi) is 6.95. The van der Waals surface area contributed by atoms with Gasteiger partial charge < -0.3 is 4.74 Å². The molecule has 21 heavy (non-hydrogen) atoms. The van der Waals surface area contributed by atoms with Crippen LogP contribution in [-0.4, -0.2) is 31.0 Å². The molecule has 0 saturated heterocycles. The predicted molar refractivity (Wildman–Crippen MR) is 74.7 cm³/mol. The maximum atomic E-state index is 12.0. The van der Waals surface area contributed by atoms with Gasteiger partial charge in [-0.2, -0.15) is 18.4 Å². The fourth-order valence-corrected chi connectivity index (χ4v) is 3.06. The lowest BCUT2D eigenvalue weighted by Crippen LogP contribution is -2.50. The summed E-state index contributed by atoms with van der Waals surface area (Å²) >= 11 is 0. The Labute approximate surface area is 124 Å². The normalized spacial score (nSPS) is 26.2. The topological polar surface area (TPSA) is 45.0 Å². The van der Waals surface area contributed by atoms with E-state index in [0.29, 0.717) is 6.61 Å². The van der Waals surface area contributed by atoms with Gasteiger partial charge in [0.1, 0.15) is 5.54 Å². The maximum absolute atomic E-state index is 12.0. The highest BCUT2D eigenvalue weighted by Crippen LogP contribution is 2.38. The van der Waals surface area contributed by atoms with E-state index in [2.05, 4.69) is 11.4 Å². The van der Waals surface area contributed by atoms with Crippen LogP contribution in [-0.2, 0) is 4.74 Å². The van der Waals surface area contributed by atoms with Crippen LogP contribution in [0.15, 0.2) is 0 Å². The van der Waals surface area contributed by atoms with Crippen LogP contribution in [0.5, 0.6) is 0 Å². The Morgan fingerprint density at radius 3 is 2.67 bits per heavy atom. The summed E-state index contributed by atoms with van der Waals surface area (Å²) in [6, 6.07) is 2.65. The van der Waals surface area contributed by atoms with E-state index in [4.69, 9.17) is 4.74 Å². The zero-order valence-electron chi connectivity index (χ0n) is 12.8. The molecule has 1 saturated carbocycles. The fraction of sp³-hybridized carbons (Fsp3) is 0.933. The summed E-state index contributed by atoms with van der Waals surface area (Å²) in [6.45, 7) is 4.58. The van der Waals surface area contributed by atoms with E-state index >= 15 is 0 Å². The van der Waals surface area contributed by atoms with Gasteiger partial charge in [-0.05, 0) is 45.4 Å². The van der Waals surface area contributed by atoms with Crippen molar-refractivity contribution in [1.29, 1.82) is 5.26 Å². The number of nitrogens with one attached hydrogen (secondary N) is 1. The molecule has 0 amide bonds. The second-order valence-electron chi connectivity index (χ2n) is 6.09. The number of hydrogen-bond donors (Lipinski definition) is 1. The van der Waals surface area contributed by atoms with Crippen molar-refractivity contribution < 1.29 is 17.9 Å². The van der Waals surface area contributed by atoms with Gasteiger partial charge in [0.2, 0.25) is 0 Å². The molecule has 1 aliphatic rings. The summed E-state index contributed by atoms with van der Waals surface area (Å²) in [5.41, 5.74) is -0.497. The standard InChI is InChI=1S/C15H25F3N2O/c1-12(2)20-14(11-19)7-3-5-13(14)6-10-21-9-4-8-15(16,17)18/h12-13,20H,3-10H2,1-2H3. The molecule has 2 atom stereocenters. The third kappa shape index (κ3) is 6.23. The van der Waals surface area contributed by atoms with E-state index in [9.17, 15) is 18.4 Å². The van der Waals surface area contributed by atoms with E-state index in [1.54, 1.807) is 0 Å². The molecule has 0 bridgehead atoms. The Balaban J connectivity index is 2.29. The van der Waals surface area contributed by atoms with Crippen molar-refractivity contribution in [2.45, 2.75) is 70.1 Å². The van der Waals surface area contributed by atoms with E-state index < -0.39 is 18.1 Å². The molecule has 0 spiro atoms. The van der Waals surface area contributed by atoms with Crippen LogP contribution in [0, 0.1) is 17.2 Å². The second-order valence-corrected chi connectivity index (χ2v) is 6.09. The summed E-state index contributed by atoms with van der Waals surface area (Å²) in [6.07, 6.45) is -1.37. The zero-order valence-corrected chi connectivity index (χ0v) is 12.8. The first-order valence-electron chi connectivity index (χ1n) is 7.62. The van der Waals surface area contributed by atoms with Crippen LogP contribution in [0.2, 0.25) is 0 Å². The van der Waals surface area contributed by atoms with Crippen LogP contribution in [0.3, 0.4) is 0 Å². The average Bonchev–Trinajstić information content (AvgIpc) is 2.75. The van der Waals surface area contributed by atoms with Gasteiger partial charge in [0, 0.05) is 25.7 Å². The highest BCUT2D eigenvalue weighted by atomic mass is 19.4. The van der Waals surface area contributed by atoms with Crippen molar-refractivity contribution in [1.82, 2.24) is 5.32 Å². The molecule has 0 aromatic heterocycles. The van der Waals surface area contributed by atoms with Gasteiger partial charge in [0.25, 0.3) is 0 Å². The summed E-state index contributed by atoms with van der Waals surface area (Å²) < 4.78 is 41.2. The highest BCUT2D eigenvalue weighted by Gasteiger charge is 2.43. The van der Waals surface area contributed by atoms with Crippen molar-refractivity contribution in [2.75, 3.05) is 13.2 Å². The van der Waals surface area contributed by atoms with Crippen molar-refractivity contribution in [3.63, 3.8) is 0 Å². The maximum Gasteiger partial charge on any atom is 0.389 e. The molecule has 0 aromatic rings. The molecule has 1 N–H and O–H groups in total. The molecule has 0 aromatic carbocycles. The molecule has 122 valence electrons. The molecule has 1 rings (SSSR count). The molecular formula is C15H25F3N2O. The van der Waals surface area contributed by atoms with Crippen molar-refractivity contribution in [2.24, 2.45) is 5.92 Å². The minimum absolute atomic E-state index is 0.00179. The molecule has 6 heteroatoms. The number of halogens is 3. The molecule has 0 aliphatic heterocycles. The van der Waals surface area contributed by atoms with Crippen molar-refractivity contribution in [3.8, 4) is 6.07 Å². The number of nitriles is 1. The van der Waals surface area contributed by atoms with Gasteiger partial charge in [-0.15, -0.1) is 0 Å². The summed E-state index contributed by atoms with van der Waals surface area (Å²) in [5.74, 6) is 0.215.